The van der Waals surface area contributed by atoms with E-state index in [1.54, 1.807) is 13.2 Å². The van der Waals surface area contributed by atoms with Gasteiger partial charge in [0.1, 0.15) is 5.76 Å². The number of aliphatic hydroxyl groups excluding tert-OH is 1. The van der Waals surface area contributed by atoms with Crippen LogP contribution in [0.4, 0.5) is 0 Å². The van der Waals surface area contributed by atoms with E-state index < -0.39 is 0 Å². The first-order valence-corrected chi connectivity index (χ1v) is 5.51. The molecular weight excluding hydrogens is 248 g/mol. The first kappa shape index (κ1) is 11.6. The summed E-state index contributed by atoms with van der Waals surface area (Å²) in [7, 11) is 1.66. The quantitative estimate of drug-likeness (QED) is 0.612. The Balaban J connectivity index is 2.31. The average Bonchev–Trinajstić information content (AvgIpc) is 2.18. The van der Waals surface area contributed by atoms with Gasteiger partial charge in [-0.1, -0.05) is 22.0 Å². The van der Waals surface area contributed by atoms with Gasteiger partial charge in [0, 0.05) is 31.4 Å². The molecule has 3 nitrogen and oxygen atoms in total. The summed E-state index contributed by atoms with van der Waals surface area (Å²) in [6.07, 6.45) is 5.10. The molecule has 0 spiro atoms. The minimum absolute atomic E-state index is 0.234. The minimum atomic E-state index is 0.234. The van der Waals surface area contributed by atoms with E-state index in [-0.39, 0.29) is 10.6 Å². The fourth-order valence-corrected chi connectivity index (χ4v) is 1.62. The van der Waals surface area contributed by atoms with Gasteiger partial charge in [-0.05, 0) is 6.08 Å². The Morgan fingerprint density at radius 2 is 2.36 bits per heavy atom. The summed E-state index contributed by atoms with van der Waals surface area (Å²) in [5.41, 5.74) is 0. The second kappa shape index (κ2) is 6.09. The monoisotopic (exact) mass is 262 g/mol. The maximum absolute atomic E-state index is 9.46. The van der Waals surface area contributed by atoms with Crippen LogP contribution in [0.25, 0.3) is 0 Å². The maximum atomic E-state index is 9.46. The third-order valence-electron chi connectivity index (χ3n) is 1.90. The van der Waals surface area contributed by atoms with E-state index in [1.807, 2.05) is 6.08 Å². The van der Waals surface area contributed by atoms with Gasteiger partial charge < -0.3 is 14.6 Å². The summed E-state index contributed by atoms with van der Waals surface area (Å²) in [6, 6.07) is 0. The highest BCUT2D eigenvalue weighted by atomic mass is 79.9. The van der Waals surface area contributed by atoms with Crippen molar-refractivity contribution in [1.29, 1.82) is 0 Å². The lowest BCUT2D eigenvalue weighted by Crippen LogP contribution is -2.08. The highest BCUT2D eigenvalue weighted by Crippen LogP contribution is 2.23. The molecule has 0 amide bonds. The molecule has 0 aliphatic heterocycles. The minimum Gasteiger partial charge on any atom is -0.504 e. The van der Waals surface area contributed by atoms with Crippen LogP contribution in [0.2, 0.25) is 0 Å². The van der Waals surface area contributed by atoms with E-state index in [2.05, 4.69) is 15.9 Å². The second-order valence-electron chi connectivity index (χ2n) is 3.08. The Kier molecular flexibility index (Phi) is 5.04. The molecule has 1 unspecified atom stereocenters. The van der Waals surface area contributed by atoms with Crippen LogP contribution in [0.1, 0.15) is 12.8 Å². The van der Waals surface area contributed by atoms with E-state index in [0.717, 1.165) is 6.42 Å². The van der Waals surface area contributed by atoms with Crippen molar-refractivity contribution in [2.75, 3.05) is 20.3 Å². The van der Waals surface area contributed by atoms with Gasteiger partial charge in [0.2, 0.25) is 0 Å². The van der Waals surface area contributed by atoms with Crippen LogP contribution in [0, 0.1) is 0 Å². The van der Waals surface area contributed by atoms with Crippen molar-refractivity contribution in [2.24, 2.45) is 0 Å². The number of alkyl halides is 1. The van der Waals surface area contributed by atoms with E-state index in [1.165, 1.54) is 0 Å². The number of hydrogen-bond donors (Lipinski definition) is 1. The molecule has 4 heteroatoms. The largest absolute Gasteiger partial charge is 0.504 e. The molecule has 1 aliphatic rings. The van der Waals surface area contributed by atoms with Gasteiger partial charge in [0.05, 0.1) is 6.61 Å². The molecule has 0 saturated heterocycles. The summed E-state index contributed by atoms with van der Waals surface area (Å²) in [5.74, 6) is 0.892. The number of allylic oxidation sites excluding steroid dienone is 3. The molecule has 0 bridgehead atoms. The summed E-state index contributed by atoms with van der Waals surface area (Å²) in [6.45, 7) is 1.27. The molecular formula is C10H15BrO3. The average molecular weight is 263 g/mol. The van der Waals surface area contributed by atoms with Gasteiger partial charge in [-0.2, -0.15) is 0 Å². The van der Waals surface area contributed by atoms with Gasteiger partial charge >= 0.3 is 0 Å². The normalized spacial score (nSPS) is 21.4. The smallest absolute Gasteiger partial charge is 0.152 e. The maximum Gasteiger partial charge on any atom is 0.152 e. The molecule has 1 N–H and O–H groups in total. The first-order chi connectivity index (χ1) is 6.74. The van der Waals surface area contributed by atoms with Crippen molar-refractivity contribution < 1.29 is 14.6 Å². The Morgan fingerprint density at radius 1 is 1.57 bits per heavy atom. The zero-order valence-electron chi connectivity index (χ0n) is 8.20. The zero-order chi connectivity index (χ0) is 10.4. The zero-order valence-corrected chi connectivity index (χ0v) is 9.79. The Labute approximate surface area is 92.5 Å². The van der Waals surface area contributed by atoms with Crippen molar-refractivity contribution >= 4 is 15.9 Å². The van der Waals surface area contributed by atoms with Gasteiger partial charge in [0.15, 0.2) is 5.76 Å². The standard InChI is InChI=1S/C10H15BrO3/c1-13-5-2-6-14-10-7-8(11)3-4-9(10)12/h3-4,8,12H,2,5-7H2,1H3. The first-order valence-electron chi connectivity index (χ1n) is 4.60. The molecule has 14 heavy (non-hydrogen) atoms. The van der Waals surface area contributed by atoms with Crippen LogP contribution >= 0.6 is 15.9 Å². The second-order valence-corrected chi connectivity index (χ2v) is 4.26. The Hall–Kier alpha value is -0.480. The third kappa shape index (κ3) is 3.72. The van der Waals surface area contributed by atoms with Crippen LogP contribution in [0.15, 0.2) is 23.7 Å². The van der Waals surface area contributed by atoms with Gasteiger partial charge in [-0.15, -0.1) is 0 Å². The highest BCUT2D eigenvalue weighted by molar-refractivity contribution is 9.09. The summed E-state index contributed by atoms with van der Waals surface area (Å²) < 4.78 is 10.3. The van der Waals surface area contributed by atoms with Crippen LogP contribution < -0.4 is 0 Å². The van der Waals surface area contributed by atoms with Gasteiger partial charge in [0.25, 0.3) is 0 Å². The van der Waals surface area contributed by atoms with E-state index in [9.17, 15) is 5.11 Å². The summed E-state index contributed by atoms with van der Waals surface area (Å²) in [4.78, 5) is 0.260. The van der Waals surface area contributed by atoms with Crippen LogP contribution in [-0.2, 0) is 9.47 Å². The molecule has 80 valence electrons. The Bertz CT molecular complexity index is 236. The van der Waals surface area contributed by atoms with E-state index >= 15 is 0 Å². The molecule has 0 heterocycles. The SMILES string of the molecule is COCCCOC1=C(O)C=CC(Br)C1. The lowest BCUT2D eigenvalue weighted by molar-refractivity contribution is 0.134. The lowest BCUT2D eigenvalue weighted by Gasteiger charge is -2.16. The fourth-order valence-electron chi connectivity index (χ4n) is 1.17. The third-order valence-corrected chi connectivity index (χ3v) is 2.53. The fraction of sp³-hybridized carbons (Fsp3) is 0.600. The predicted octanol–water partition coefficient (Wildman–Crippen LogP) is 2.53. The number of hydrogen-bond acceptors (Lipinski definition) is 3. The van der Waals surface area contributed by atoms with E-state index in [4.69, 9.17) is 9.47 Å². The van der Waals surface area contributed by atoms with Crippen molar-refractivity contribution in [3.8, 4) is 0 Å². The molecule has 0 fully saturated rings. The molecule has 1 atom stereocenters. The summed E-state index contributed by atoms with van der Waals surface area (Å²) >= 11 is 3.44. The van der Waals surface area contributed by atoms with E-state index in [0.29, 0.717) is 25.4 Å². The van der Waals surface area contributed by atoms with Crippen molar-refractivity contribution in [2.45, 2.75) is 17.7 Å². The molecule has 1 rings (SSSR count). The van der Waals surface area contributed by atoms with Crippen molar-refractivity contribution in [3.05, 3.63) is 23.7 Å². The van der Waals surface area contributed by atoms with Crippen molar-refractivity contribution in [3.63, 3.8) is 0 Å². The van der Waals surface area contributed by atoms with Crippen LogP contribution in [-0.4, -0.2) is 30.3 Å². The van der Waals surface area contributed by atoms with Crippen LogP contribution in [0.5, 0.6) is 0 Å². The molecule has 0 aromatic carbocycles. The number of ether oxygens (including phenoxy) is 2. The molecule has 0 aromatic rings. The number of rotatable bonds is 5. The van der Waals surface area contributed by atoms with Gasteiger partial charge in [-0.25, -0.2) is 0 Å². The molecule has 1 aliphatic carbocycles. The highest BCUT2D eigenvalue weighted by Gasteiger charge is 2.14. The molecule has 0 aromatic heterocycles. The number of aliphatic hydroxyl groups is 1. The topological polar surface area (TPSA) is 38.7 Å². The lowest BCUT2D eigenvalue weighted by atomic mass is 10.1. The molecule has 0 radical (unpaired) electrons. The van der Waals surface area contributed by atoms with Crippen LogP contribution in [0.3, 0.4) is 0 Å². The van der Waals surface area contributed by atoms with Gasteiger partial charge in [-0.3, -0.25) is 0 Å². The predicted molar refractivity (Wildman–Crippen MR) is 58.6 cm³/mol. The summed E-state index contributed by atoms with van der Waals surface area (Å²) in [5, 5.41) is 9.46. The Morgan fingerprint density at radius 3 is 3.07 bits per heavy atom. The number of halogens is 1. The molecule has 0 saturated carbocycles. The number of methoxy groups -OCH3 is 1. The van der Waals surface area contributed by atoms with Crippen molar-refractivity contribution in [1.82, 2.24) is 0 Å².